The number of ketones is 1. The number of benzene rings is 2. The summed E-state index contributed by atoms with van der Waals surface area (Å²) in [4.78, 5) is 35.9. The summed E-state index contributed by atoms with van der Waals surface area (Å²) in [5, 5.41) is 2.68. The molecule has 0 unspecified atom stereocenters. The lowest BCUT2D eigenvalue weighted by molar-refractivity contribution is -0.116. The first-order valence-electron chi connectivity index (χ1n) is 8.22. The third-order valence-corrected chi connectivity index (χ3v) is 3.88. The molecule has 0 bridgehead atoms. The van der Waals surface area contributed by atoms with E-state index < -0.39 is 5.97 Å². The Morgan fingerprint density at radius 1 is 0.889 bits per heavy atom. The van der Waals surface area contributed by atoms with Crippen molar-refractivity contribution in [3.8, 4) is 11.5 Å². The van der Waals surface area contributed by atoms with Crippen LogP contribution in [-0.4, -0.2) is 39.0 Å². The maximum atomic E-state index is 12.4. The highest BCUT2D eigenvalue weighted by Crippen LogP contribution is 2.25. The van der Waals surface area contributed by atoms with Gasteiger partial charge in [-0.1, -0.05) is 0 Å². The number of hydrogen-bond acceptors (Lipinski definition) is 6. The lowest BCUT2D eigenvalue weighted by Crippen LogP contribution is -2.14. The first-order chi connectivity index (χ1) is 13.0. The predicted octanol–water partition coefficient (Wildman–Crippen LogP) is 3.09. The molecule has 2 aromatic rings. The van der Waals surface area contributed by atoms with Crippen molar-refractivity contribution in [2.45, 2.75) is 12.8 Å². The predicted molar refractivity (Wildman–Crippen MR) is 99.5 cm³/mol. The minimum absolute atomic E-state index is 0.0119. The normalized spacial score (nSPS) is 10.0. The van der Waals surface area contributed by atoms with Gasteiger partial charge in [0.15, 0.2) is 5.78 Å². The van der Waals surface area contributed by atoms with Gasteiger partial charge in [-0.15, -0.1) is 0 Å². The Hall–Kier alpha value is -3.35. The molecule has 0 saturated heterocycles. The Morgan fingerprint density at radius 2 is 1.59 bits per heavy atom. The summed E-state index contributed by atoms with van der Waals surface area (Å²) in [6, 6.07) is 11.2. The molecule has 0 heterocycles. The quantitative estimate of drug-likeness (QED) is 0.566. The van der Waals surface area contributed by atoms with E-state index in [-0.39, 0.29) is 24.5 Å². The number of amides is 1. The van der Waals surface area contributed by atoms with Crippen LogP contribution in [0.25, 0.3) is 0 Å². The highest BCUT2D eigenvalue weighted by atomic mass is 16.5. The standard InChI is InChI=1S/C20H21NO6/c1-25-15-8-10-18(26-2)16(12-15)17(22)9-11-19(23)21-14-6-4-13(5-7-14)20(24)27-3/h4-8,10,12H,9,11H2,1-3H3,(H,21,23). The van der Waals surface area contributed by atoms with E-state index in [0.29, 0.717) is 28.3 Å². The molecule has 7 heteroatoms. The summed E-state index contributed by atoms with van der Waals surface area (Å²) >= 11 is 0. The van der Waals surface area contributed by atoms with Gasteiger partial charge in [0.25, 0.3) is 0 Å². The van der Waals surface area contributed by atoms with Gasteiger partial charge >= 0.3 is 5.97 Å². The average molecular weight is 371 g/mol. The lowest BCUT2D eigenvalue weighted by atomic mass is 10.0. The Bertz CT molecular complexity index is 829. The molecule has 0 aromatic heterocycles. The monoisotopic (exact) mass is 371 g/mol. The summed E-state index contributed by atoms with van der Waals surface area (Å²) in [5.74, 6) is -0.0161. The van der Waals surface area contributed by atoms with Crippen molar-refractivity contribution >= 4 is 23.3 Å². The van der Waals surface area contributed by atoms with Crippen molar-refractivity contribution in [2.24, 2.45) is 0 Å². The molecule has 7 nitrogen and oxygen atoms in total. The smallest absolute Gasteiger partial charge is 0.337 e. The lowest BCUT2D eigenvalue weighted by Gasteiger charge is -2.10. The summed E-state index contributed by atoms with van der Waals surface area (Å²) in [6.07, 6.45) is 0.0353. The fourth-order valence-corrected chi connectivity index (χ4v) is 2.42. The number of carbonyl (C=O) groups is 3. The van der Waals surface area contributed by atoms with Crippen LogP contribution in [0.1, 0.15) is 33.6 Å². The summed E-state index contributed by atoms with van der Waals surface area (Å²) < 4.78 is 14.9. The molecule has 1 N–H and O–H groups in total. The highest BCUT2D eigenvalue weighted by Gasteiger charge is 2.15. The van der Waals surface area contributed by atoms with Gasteiger partial charge in [-0.2, -0.15) is 0 Å². The summed E-state index contributed by atoms with van der Waals surface area (Å²) in [6.45, 7) is 0. The molecular weight excluding hydrogens is 350 g/mol. The third-order valence-electron chi connectivity index (χ3n) is 3.88. The molecule has 0 radical (unpaired) electrons. The van der Waals surface area contributed by atoms with Gasteiger partial charge in [-0.05, 0) is 42.5 Å². The topological polar surface area (TPSA) is 90.9 Å². The van der Waals surface area contributed by atoms with Crippen molar-refractivity contribution in [3.05, 3.63) is 53.6 Å². The second-order valence-electron chi connectivity index (χ2n) is 5.61. The van der Waals surface area contributed by atoms with E-state index in [1.165, 1.54) is 21.3 Å². The van der Waals surface area contributed by atoms with Gasteiger partial charge in [0, 0.05) is 18.5 Å². The van der Waals surface area contributed by atoms with Crippen LogP contribution in [0.15, 0.2) is 42.5 Å². The van der Waals surface area contributed by atoms with Crippen LogP contribution in [0.3, 0.4) is 0 Å². The molecule has 142 valence electrons. The van der Waals surface area contributed by atoms with Gasteiger partial charge in [-0.25, -0.2) is 4.79 Å². The Labute approximate surface area is 157 Å². The zero-order valence-corrected chi connectivity index (χ0v) is 15.4. The molecule has 0 atom stereocenters. The van der Waals surface area contributed by atoms with Gasteiger partial charge in [0.2, 0.25) is 5.91 Å². The van der Waals surface area contributed by atoms with E-state index in [4.69, 9.17) is 9.47 Å². The van der Waals surface area contributed by atoms with Gasteiger partial charge in [0.05, 0.1) is 32.5 Å². The number of ether oxygens (including phenoxy) is 3. The van der Waals surface area contributed by atoms with Crippen LogP contribution in [0.4, 0.5) is 5.69 Å². The zero-order chi connectivity index (χ0) is 19.8. The van der Waals surface area contributed by atoms with Crippen LogP contribution in [-0.2, 0) is 9.53 Å². The molecule has 0 aliphatic carbocycles. The molecule has 0 fully saturated rings. The Kier molecular flexibility index (Phi) is 6.93. The van der Waals surface area contributed by atoms with Crippen molar-refractivity contribution in [3.63, 3.8) is 0 Å². The van der Waals surface area contributed by atoms with Crippen LogP contribution in [0, 0.1) is 0 Å². The first kappa shape index (κ1) is 20.0. The number of rotatable bonds is 8. The largest absolute Gasteiger partial charge is 0.497 e. The van der Waals surface area contributed by atoms with Crippen LogP contribution in [0.5, 0.6) is 11.5 Å². The minimum Gasteiger partial charge on any atom is -0.497 e. The minimum atomic E-state index is -0.453. The molecule has 0 aliphatic heterocycles. The van der Waals surface area contributed by atoms with Crippen LogP contribution >= 0.6 is 0 Å². The highest BCUT2D eigenvalue weighted by molar-refractivity contribution is 6.02. The van der Waals surface area contributed by atoms with Crippen molar-refractivity contribution < 1.29 is 28.6 Å². The van der Waals surface area contributed by atoms with Gasteiger partial charge in [-0.3, -0.25) is 9.59 Å². The van der Waals surface area contributed by atoms with E-state index in [1.807, 2.05) is 0 Å². The number of nitrogens with one attached hydrogen (secondary N) is 1. The molecule has 27 heavy (non-hydrogen) atoms. The first-order valence-corrected chi connectivity index (χ1v) is 8.22. The van der Waals surface area contributed by atoms with E-state index in [1.54, 1.807) is 42.5 Å². The maximum Gasteiger partial charge on any atom is 0.337 e. The molecule has 2 rings (SSSR count). The Balaban J connectivity index is 1.95. The van der Waals surface area contributed by atoms with E-state index in [9.17, 15) is 14.4 Å². The van der Waals surface area contributed by atoms with Crippen molar-refractivity contribution in [1.29, 1.82) is 0 Å². The SMILES string of the molecule is COC(=O)c1ccc(NC(=O)CCC(=O)c2cc(OC)ccc2OC)cc1. The molecule has 1 amide bonds. The maximum absolute atomic E-state index is 12.4. The second kappa shape index (κ2) is 9.38. The summed E-state index contributed by atoms with van der Waals surface area (Å²) in [7, 11) is 4.28. The number of esters is 1. The molecule has 0 saturated carbocycles. The molecule has 2 aromatic carbocycles. The number of Topliss-reactive ketones (excluding diaryl/α,β-unsaturated/α-hetero) is 1. The number of anilines is 1. The zero-order valence-electron chi connectivity index (χ0n) is 15.4. The van der Waals surface area contributed by atoms with Crippen LogP contribution in [0.2, 0.25) is 0 Å². The molecule has 0 aliphatic rings. The fourth-order valence-electron chi connectivity index (χ4n) is 2.42. The molecule has 0 spiro atoms. The van der Waals surface area contributed by atoms with E-state index in [2.05, 4.69) is 10.1 Å². The molecular formula is C20H21NO6. The number of methoxy groups -OCH3 is 3. The number of hydrogen-bond donors (Lipinski definition) is 1. The number of carbonyl (C=O) groups excluding carboxylic acids is 3. The van der Waals surface area contributed by atoms with Crippen LogP contribution < -0.4 is 14.8 Å². The van der Waals surface area contributed by atoms with E-state index in [0.717, 1.165) is 0 Å². The Morgan fingerprint density at radius 3 is 2.19 bits per heavy atom. The second-order valence-corrected chi connectivity index (χ2v) is 5.61. The average Bonchev–Trinajstić information content (AvgIpc) is 2.71. The van der Waals surface area contributed by atoms with Gasteiger partial charge < -0.3 is 19.5 Å². The van der Waals surface area contributed by atoms with Gasteiger partial charge in [0.1, 0.15) is 11.5 Å². The van der Waals surface area contributed by atoms with E-state index >= 15 is 0 Å². The fraction of sp³-hybridized carbons (Fsp3) is 0.250. The summed E-state index contributed by atoms with van der Waals surface area (Å²) in [5.41, 5.74) is 1.28. The van der Waals surface area contributed by atoms with Crippen molar-refractivity contribution in [1.82, 2.24) is 0 Å². The van der Waals surface area contributed by atoms with Crippen molar-refractivity contribution in [2.75, 3.05) is 26.6 Å². The third kappa shape index (κ3) is 5.31.